The molecule has 0 aromatic heterocycles. The summed E-state index contributed by atoms with van der Waals surface area (Å²) in [6, 6.07) is 0.561. The van der Waals surface area contributed by atoms with E-state index in [1.165, 1.54) is 109 Å². The predicted octanol–water partition coefficient (Wildman–Crippen LogP) is 13.9. The Morgan fingerprint density at radius 1 is 0.600 bits per heavy atom. The molecule has 3 unspecified atom stereocenters. The van der Waals surface area contributed by atoms with E-state index in [2.05, 4.69) is 46.6 Å². The first-order chi connectivity index (χ1) is 26.8. The number of esters is 2. The highest BCUT2D eigenvalue weighted by atomic mass is 32.2. The molecular weight excluding hydrogens is 703 g/mol. The molecule has 6 nitrogen and oxygen atoms in total. The molecule has 0 aliphatic heterocycles. The van der Waals surface area contributed by atoms with E-state index < -0.39 is 0 Å². The molecule has 328 valence electrons. The highest BCUT2D eigenvalue weighted by molar-refractivity contribution is 7.99. The Labute approximate surface area is 347 Å². The maximum Gasteiger partial charge on any atom is 0.308 e. The van der Waals surface area contributed by atoms with Gasteiger partial charge in [0.1, 0.15) is 6.10 Å². The smallest absolute Gasteiger partial charge is 0.308 e. The van der Waals surface area contributed by atoms with Crippen molar-refractivity contribution >= 4 is 23.7 Å². The van der Waals surface area contributed by atoms with E-state index in [-0.39, 0.29) is 30.6 Å². The Morgan fingerprint density at radius 3 is 1.75 bits per heavy atom. The minimum absolute atomic E-state index is 0.000575. The quantitative estimate of drug-likeness (QED) is 0.0486. The van der Waals surface area contributed by atoms with Gasteiger partial charge < -0.3 is 19.5 Å². The van der Waals surface area contributed by atoms with Gasteiger partial charge in [0.2, 0.25) is 0 Å². The van der Waals surface area contributed by atoms with Crippen molar-refractivity contribution in [2.75, 3.05) is 38.3 Å². The van der Waals surface area contributed by atoms with E-state index in [4.69, 9.17) is 9.47 Å². The second-order valence-corrected chi connectivity index (χ2v) is 18.4. The highest BCUT2D eigenvalue weighted by Crippen LogP contribution is 2.22. The van der Waals surface area contributed by atoms with Crippen molar-refractivity contribution < 1.29 is 24.2 Å². The molecule has 0 rings (SSSR count). The summed E-state index contributed by atoms with van der Waals surface area (Å²) in [4.78, 5) is 28.2. The first-order valence-electron chi connectivity index (χ1n) is 24.0. The maximum absolute atomic E-state index is 13.1. The van der Waals surface area contributed by atoms with Gasteiger partial charge in [-0.3, -0.25) is 9.59 Å². The molecule has 1 N–H and O–H groups in total. The van der Waals surface area contributed by atoms with Crippen LogP contribution < -0.4 is 0 Å². The van der Waals surface area contributed by atoms with E-state index >= 15 is 0 Å². The average molecular weight is 798 g/mol. The summed E-state index contributed by atoms with van der Waals surface area (Å²) in [5.41, 5.74) is 0. The molecule has 0 saturated carbocycles. The molecule has 0 bridgehead atoms. The standard InChI is InChI=1S/C48H95NO5S/c1-7-10-13-16-17-21-33-44(32-20-14-11-8-2)48(52)53-40-29-18-22-34-45(49(6)38-27-28-39-50)35-23-19-30-41-55-42-46(36-24-15-12-9-3)54-47(51)37-26-25-31-43(4)5/h43-46,50H,7-42H2,1-6H3. The number of rotatable bonds is 43. The largest absolute Gasteiger partial charge is 0.465 e. The van der Waals surface area contributed by atoms with Gasteiger partial charge in [0, 0.05) is 24.8 Å². The fourth-order valence-electron chi connectivity index (χ4n) is 7.58. The summed E-state index contributed by atoms with van der Waals surface area (Å²) < 4.78 is 11.9. The second-order valence-electron chi connectivity index (χ2n) is 17.2. The number of ether oxygens (including phenoxy) is 2. The Morgan fingerprint density at radius 2 is 1.13 bits per heavy atom. The van der Waals surface area contributed by atoms with Crippen LogP contribution >= 0.6 is 11.8 Å². The zero-order valence-electron chi connectivity index (χ0n) is 37.7. The molecule has 0 spiro atoms. The van der Waals surface area contributed by atoms with Crippen LogP contribution in [0.25, 0.3) is 0 Å². The van der Waals surface area contributed by atoms with E-state index in [1.54, 1.807) is 0 Å². The SMILES string of the molecule is CCCCCCCCC(CCCCCC)C(=O)OCCCCCC(CCCCCSCC(CCCCCC)OC(=O)CCCCC(C)C)N(C)CCCCO. The summed E-state index contributed by atoms with van der Waals surface area (Å²) in [7, 11) is 2.26. The molecule has 0 aliphatic rings. The van der Waals surface area contributed by atoms with Crippen LogP contribution in [-0.4, -0.2) is 72.4 Å². The van der Waals surface area contributed by atoms with Crippen LogP contribution in [0.4, 0.5) is 0 Å². The van der Waals surface area contributed by atoms with Gasteiger partial charge >= 0.3 is 11.9 Å². The third-order valence-corrected chi connectivity index (χ3v) is 12.5. The van der Waals surface area contributed by atoms with Crippen molar-refractivity contribution in [1.29, 1.82) is 0 Å². The lowest BCUT2D eigenvalue weighted by molar-refractivity contribution is -0.149. The Balaban J connectivity index is 4.63. The van der Waals surface area contributed by atoms with Gasteiger partial charge in [-0.05, 0) is 95.9 Å². The van der Waals surface area contributed by atoms with Crippen LogP contribution in [0.2, 0.25) is 0 Å². The van der Waals surface area contributed by atoms with Gasteiger partial charge in [0.05, 0.1) is 12.5 Å². The van der Waals surface area contributed by atoms with Crippen LogP contribution in [0.15, 0.2) is 0 Å². The van der Waals surface area contributed by atoms with Crippen LogP contribution in [0.5, 0.6) is 0 Å². The fraction of sp³-hybridized carbons (Fsp3) is 0.958. The van der Waals surface area contributed by atoms with Gasteiger partial charge in [-0.25, -0.2) is 0 Å². The first-order valence-corrected chi connectivity index (χ1v) is 25.2. The molecule has 0 aliphatic carbocycles. The predicted molar refractivity (Wildman–Crippen MR) is 240 cm³/mol. The topological polar surface area (TPSA) is 76.1 Å². The second kappa shape index (κ2) is 41.4. The zero-order chi connectivity index (χ0) is 40.6. The van der Waals surface area contributed by atoms with E-state index in [9.17, 15) is 14.7 Å². The number of carbonyl (C=O) groups excluding carboxylic acids is 2. The van der Waals surface area contributed by atoms with Gasteiger partial charge in [0.25, 0.3) is 0 Å². The Kier molecular flexibility index (Phi) is 40.8. The molecule has 7 heteroatoms. The Hall–Kier alpha value is -0.790. The minimum atomic E-state index is 0.000575. The number of aliphatic hydroxyl groups is 1. The van der Waals surface area contributed by atoms with E-state index in [0.29, 0.717) is 25.0 Å². The van der Waals surface area contributed by atoms with Crippen LogP contribution in [0.3, 0.4) is 0 Å². The number of unbranched alkanes of at least 4 members (excludes halogenated alkanes) is 17. The lowest BCUT2D eigenvalue weighted by Gasteiger charge is -2.28. The molecule has 3 atom stereocenters. The molecule has 0 fully saturated rings. The zero-order valence-corrected chi connectivity index (χ0v) is 38.5. The van der Waals surface area contributed by atoms with Gasteiger partial charge in [-0.1, -0.05) is 157 Å². The summed E-state index contributed by atoms with van der Waals surface area (Å²) in [5, 5.41) is 9.33. The normalized spacial score (nSPS) is 13.4. The molecule has 55 heavy (non-hydrogen) atoms. The third kappa shape index (κ3) is 36.1. The average Bonchev–Trinajstić information content (AvgIpc) is 3.16. The molecule has 0 radical (unpaired) electrons. The summed E-state index contributed by atoms with van der Waals surface area (Å²) in [6.07, 6.45) is 35.3. The van der Waals surface area contributed by atoms with Gasteiger partial charge in [0.15, 0.2) is 0 Å². The first kappa shape index (κ1) is 54.2. The van der Waals surface area contributed by atoms with Crippen molar-refractivity contribution in [3.63, 3.8) is 0 Å². The molecule has 0 aromatic carbocycles. The van der Waals surface area contributed by atoms with Crippen molar-refractivity contribution in [2.45, 2.75) is 246 Å². The van der Waals surface area contributed by atoms with Crippen molar-refractivity contribution in [3.8, 4) is 0 Å². The number of aliphatic hydroxyl groups excluding tert-OH is 1. The number of hydrogen-bond donors (Lipinski definition) is 1. The number of hydrogen-bond acceptors (Lipinski definition) is 7. The molecular formula is C48H95NO5S. The van der Waals surface area contributed by atoms with Crippen LogP contribution in [0.1, 0.15) is 234 Å². The molecule has 0 aromatic rings. The molecule has 0 heterocycles. The lowest BCUT2D eigenvalue weighted by Crippen LogP contribution is -2.32. The van der Waals surface area contributed by atoms with Crippen molar-refractivity contribution in [2.24, 2.45) is 11.8 Å². The number of carbonyl (C=O) groups is 2. The molecule has 0 amide bonds. The maximum atomic E-state index is 13.1. The minimum Gasteiger partial charge on any atom is -0.465 e. The monoisotopic (exact) mass is 798 g/mol. The van der Waals surface area contributed by atoms with E-state index in [0.717, 1.165) is 102 Å². The summed E-state index contributed by atoms with van der Waals surface area (Å²) >= 11 is 1.97. The Bertz CT molecular complexity index is 826. The number of thioether (sulfide) groups is 1. The fourth-order valence-corrected chi connectivity index (χ4v) is 8.65. The van der Waals surface area contributed by atoms with Gasteiger partial charge in [-0.15, -0.1) is 0 Å². The summed E-state index contributed by atoms with van der Waals surface area (Å²) in [5.74, 6) is 2.89. The van der Waals surface area contributed by atoms with E-state index in [1.807, 2.05) is 11.8 Å². The van der Waals surface area contributed by atoms with Crippen LogP contribution in [-0.2, 0) is 19.1 Å². The number of nitrogens with zero attached hydrogens (tertiary/aromatic N) is 1. The van der Waals surface area contributed by atoms with Crippen LogP contribution in [0, 0.1) is 11.8 Å². The van der Waals surface area contributed by atoms with Crippen molar-refractivity contribution in [3.05, 3.63) is 0 Å². The highest BCUT2D eigenvalue weighted by Gasteiger charge is 2.20. The van der Waals surface area contributed by atoms with Crippen molar-refractivity contribution in [1.82, 2.24) is 4.90 Å². The lowest BCUT2D eigenvalue weighted by atomic mass is 9.94. The van der Waals surface area contributed by atoms with Gasteiger partial charge in [-0.2, -0.15) is 11.8 Å². The summed E-state index contributed by atoms with van der Waals surface area (Å²) in [6.45, 7) is 13.1. The molecule has 0 saturated heterocycles. The third-order valence-electron chi connectivity index (χ3n) is 11.3.